The summed E-state index contributed by atoms with van der Waals surface area (Å²) in [6.07, 6.45) is -1.39. The molecule has 0 aliphatic carbocycles. The lowest BCUT2D eigenvalue weighted by Crippen LogP contribution is -2.51. The molecule has 1 aliphatic rings. The molecule has 1 aliphatic heterocycles. The number of alkyl halides is 3. The van der Waals surface area contributed by atoms with Crippen molar-refractivity contribution < 1.29 is 37.0 Å². The van der Waals surface area contributed by atoms with E-state index in [1.54, 1.807) is 12.1 Å². The predicted molar refractivity (Wildman–Crippen MR) is 159 cm³/mol. The molecule has 2 atom stereocenters. The monoisotopic (exact) mass is 648 g/mol. The highest BCUT2D eigenvalue weighted by atomic mass is 19.4. The third-order valence-electron chi connectivity index (χ3n) is 7.84. The third-order valence-corrected chi connectivity index (χ3v) is 7.84. The fourth-order valence-electron chi connectivity index (χ4n) is 5.09. The average molecular weight is 649 g/mol. The molecule has 0 spiro atoms. The summed E-state index contributed by atoms with van der Waals surface area (Å²) in [4.78, 5) is 45.9. The van der Waals surface area contributed by atoms with E-state index < -0.39 is 47.1 Å². The van der Waals surface area contributed by atoms with E-state index in [4.69, 9.17) is 10.5 Å². The lowest BCUT2D eigenvalue weighted by atomic mass is 9.81. The number of fused-ring (bicyclic) bond motifs is 2. The van der Waals surface area contributed by atoms with E-state index in [-0.39, 0.29) is 46.4 Å². The fraction of sp³-hybridized carbons (Fsp3) is 0.194. The minimum Gasteiger partial charge on any atom is -0.489 e. The Morgan fingerprint density at radius 1 is 1.06 bits per heavy atom. The summed E-state index contributed by atoms with van der Waals surface area (Å²) in [5, 5.41) is 16.9. The van der Waals surface area contributed by atoms with Crippen molar-refractivity contribution in [3.63, 3.8) is 0 Å². The molecule has 16 heteroatoms. The van der Waals surface area contributed by atoms with Gasteiger partial charge in [-0.3, -0.25) is 14.6 Å². The lowest BCUT2D eigenvalue weighted by Gasteiger charge is -2.31. The number of ether oxygens (including phenoxy) is 1. The first-order valence-corrected chi connectivity index (χ1v) is 13.9. The van der Waals surface area contributed by atoms with Gasteiger partial charge in [0, 0.05) is 28.3 Å². The maximum Gasteiger partial charge on any atom is 0.424 e. The number of carbonyl (C=O) groups excluding carboxylic acids is 2. The van der Waals surface area contributed by atoms with Crippen molar-refractivity contribution in [2.75, 3.05) is 18.5 Å². The number of aliphatic hydroxyl groups is 1. The topological polar surface area (TPSA) is 178 Å². The fourth-order valence-corrected chi connectivity index (χ4v) is 5.09. The van der Waals surface area contributed by atoms with Crippen LogP contribution in [0.5, 0.6) is 5.75 Å². The van der Waals surface area contributed by atoms with E-state index in [2.05, 4.69) is 35.6 Å². The standard InChI is InChI=1S/C31H24F4N8O4/c1-29(27(36)45)13-47-25-20(29)11-22(43-24(25)16-4-6-19(32)7-5-16)30(46,31(33,34)35)12-39-26(44)18-9-17-3-2-8-38-23(17)21(10-18)42-28-40-14-37-15-41-28/h2-11,14-15,46H,12-13H2,1H3,(H2,36,45)(H,39,44)(H,37,40,41,42)/t29-,30?/m0/s1. The van der Waals surface area contributed by atoms with Crippen LogP contribution in [-0.2, 0) is 15.8 Å². The quantitative estimate of drug-likeness (QED) is 0.182. The Bertz CT molecular complexity index is 2010. The molecule has 4 heterocycles. The molecule has 0 saturated carbocycles. The molecule has 0 bridgehead atoms. The van der Waals surface area contributed by atoms with Gasteiger partial charge in [0.15, 0.2) is 0 Å². The second-order valence-corrected chi connectivity index (χ2v) is 11.0. The maximum atomic E-state index is 14.8. The van der Waals surface area contributed by atoms with Crippen molar-refractivity contribution in [3.8, 4) is 17.0 Å². The number of anilines is 2. The van der Waals surface area contributed by atoms with Crippen LogP contribution < -0.4 is 21.1 Å². The van der Waals surface area contributed by atoms with Gasteiger partial charge in [0.2, 0.25) is 17.5 Å². The number of hydrogen-bond donors (Lipinski definition) is 4. The lowest BCUT2D eigenvalue weighted by molar-refractivity contribution is -0.265. The van der Waals surface area contributed by atoms with Crippen LogP contribution in [0.1, 0.15) is 28.5 Å². The van der Waals surface area contributed by atoms with Crippen molar-refractivity contribution in [1.29, 1.82) is 0 Å². The van der Waals surface area contributed by atoms with Gasteiger partial charge >= 0.3 is 6.18 Å². The molecule has 0 radical (unpaired) electrons. The van der Waals surface area contributed by atoms with E-state index in [0.29, 0.717) is 10.9 Å². The zero-order chi connectivity index (χ0) is 33.6. The normalized spacial score (nSPS) is 17.0. The Hall–Kier alpha value is -5.77. The van der Waals surface area contributed by atoms with Gasteiger partial charge in [-0.15, -0.1) is 0 Å². The van der Waals surface area contributed by atoms with Crippen LogP contribution >= 0.6 is 0 Å². The van der Waals surface area contributed by atoms with Crippen LogP contribution in [-0.4, -0.2) is 61.2 Å². The van der Waals surface area contributed by atoms with Gasteiger partial charge in [0.05, 0.1) is 23.4 Å². The Morgan fingerprint density at radius 2 is 1.79 bits per heavy atom. The summed E-state index contributed by atoms with van der Waals surface area (Å²) >= 11 is 0. The maximum absolute atomic E-state index is 14.8. The van der Waals surface area contributed by atoms with Crippen molar-refractivity contribution >= 4 is 34.4 Å². The van der Waals surface area contributed by atoms with E-state index in [9.17, 15) is 32.3 Å². The summed E-state index contributed by atoms with van der Waals surface area (Å²) in [5.74, 6) is -2.40. The highest BCUT2D eigenvalue weighted by molar-refractivity contribution is 6.02. The molecular weight excluding hydrogens is 624 g/mol. The molecule has 5 N–H and O–H groups in total. The molecular formula is C31H24F4N8O4. The Balaban J connectivity index is 1.40. The van der Waals surface area contributed by atoms with Gasteiger partial charge in [0.25, 0.3) is 5.91 Å². The molecule has 2 amide bonds. The Kier molecular flexibility index (Phi) is 7.67. The Morgan fingerprint density at radius 3 is 2.47 bits per heavy atom. The van der Waals surface area contributed by atoms with Crippen LogP contribution in [0, 0.1) is 5.82 Å². The van der Waals surface area contributed by atoms with Crippen LogP contribution in [0.4, 0.5) is 29.2 Å². The highest BCUT2D eigenvalue weighted by Gasteiger charge is 2.57. The predicted octanol–water partition coefficient (Wildman–Crippen LogP) is 3.68. The largest absolute Gasteiger partial charge is 0.489 e. The first kappa shape index (κ1) is 31.2. The summed E-state index contributed by atoms with van der Waals surface area (Å²) < 4.78 is 63.8. The number of primary amides is 1. The van der Waals surface area contributed by atoms with Crippen LogP contribution in [0.15, 0.2) is 73.4 Å². The van der Waals surface area contributed by atoms with E-state index in [1.165, 1.54) is 50.0 Å². The molecule has 47 heavy (non-hydrogen) atoms. The summed E-state index contributed by atoms with van der Waals surface area (Å²) in [6, 6.07) is 11.6. The SMILES string of the molecule is C[C@]1(C(N)=O)COc2c1cc(C(O)(CNC(=O)c1cc(Nc3ncncn3)c3ncccc3c1)C(F)(F)F)nc2-c1ccc(F)cc1. The van der Waals surface area contributed by atoms with Gasteiger partial charge in [0.1, 0.15) is 41.9 Å². The highest BCUT2D eigenvalue weighted by Crippen LogP contribution is 2.47. The number of nitrogens with zero attached hydrogens (tertiary/aromatic N) is 5. The number of halogens is 4. The smallest absolute Gasteiger partial charge is 0.424 e. The zero-order valence-corrected chi connectivity index (χ0v) is 24.3. The molecule has 0 fully saturated rings. The van der Waals surface area contributed by atoms with Gasteiger partial charge in [-0.05, 0) is 55.5 Å². The minimum absolute atomic E-state index is 0.0433. The first-order chi connectivity index (χ1) is 22.3. The van der Waals surface area contributed by atoms with Gasteiger partial charge in [-0.2, -0.15) is 13.2 Å². The van der Waals surface area contributed by atoms with Crippen LogP contribution in [0.2, 0.25) is 0 Å². The third kappa shape index (κ3) is 5.63. The number of carbonyl (C=O) groups is 2. The Labute approximate surface area is 263 Å². The van der Waals surface area contributed by atoms with E-state index in [1.807, 2.05) is 0 Å². The number of nitrogens with one attached hydrogen (secondary N) is 2. The minimum atomic E-state index is -5.39. The number of amides is 2. The molecule has 12 nitrogen and oxygen atoms in total. The number of rotatable bonds is 8. The molecule has 0 saturated heterocycles. The van der Waals surface area contributed by atoms with E-state index >= 15 is 0 Å². The average Bonchev–Trinajstić information content (AvgIpc) is 3.41. The molecule has 2 aromatic carbocycles. The van der Waals surface area contributed by atoms with Crippen molar-refractivity contribution in [1.82, 2.24) is 30.2 Å². The van der Waals surface area contributed by atoms with Crippen molar-refractivity contribution in [2.45, 2.75) is 24.1 Å². The number of benzene rings is 2. The van der Waals surface area contributed by atoms with Crippen LogP contribution in [0.25, 0.3) is 22.2 Å². The second-order valence-electron chi connectivity index (χ2n) is 11.0. The van der Waals surface area contributed by atoms with Gasteiger partial charge in [-0.25, -0.2) is 24.3 Å². The summed E-state index contributed by atoms with van der Waals surface area (Å²) in [7, 11) is 0. The number of hydrogen-bond acceptors (Lipinski definition) is 10. The molecule has 1 unspecified atom stereocenters. The van der Waals surface area contributed by atoms with E-state index in [0.717, 1.165) is 18.2 Å². The molecule has 6 rings (SSSR count). The summed E-state index contributed by atoms with van der Waals surface area (Å²) in [5.41, 5.74) is -0.150. The number of nitrogens with two attached hydrogens (primary N) is 1. The first-order valence-electron chi connectivity index (χ1n) is 13.9. The van der Waals surface area contributed by atoms with Crippen molar-refractivity contribution in [3.05, 3.63) is 96.1 Å². The van der Waals surface area contributed by atoms with Crippen LogP contribution in [0.3, 0.4) is 0 Å². The second kappa shape index (κ2) is 11.5. The zero-order valence-electron chi connectivity index (χ0n) is 24.3. The summed E-state index contributed by atoms with van der Waals surface area (Å²) in [6.45, 7) is -0.305. The van der Waals surface area contributed by atoms with Crippen molar-refractivity contribution in [2.24, 2.45) is 5.73 Å². The molecule has 5 aromatic rings. The number of aromatic nitrogens is 5. The van der Waals surface area contributed by atoms with Gasteiger partial charge in [-0.1, -0.05) is 6.07 Å². The molecule has 3 aromatic heterocycles. The van der Waals surface area contributed by atoms with Gasteiger partial charge < -0.3 is 26.2 Å². The molecule has 240 valence electrons. The number of pyridine rings is 2.